The Morgan fingerprint density at radius 3 is 1.85 bits per heavy atom. The predicted octanol–water partition coefficient (Wildman–Crippen LogP) is 9.80. The molecule has 2 saturated carbocycles. The molecule has 0 radical (unpaired) electrons. The summed E-state index contributed by atoms with van der Waals surface area (Å²) in [6.45, 7) is 14.2. The fourth-order valence-electron chi connectivity index (χ4n) is 11.0. The van der Waals surface area contributed by atoms with E-state index >= 15 is 8.78 Å². The van der Waals surface area contributed by atoms with E-state index in [1.165, 1.54) is 48.0 Å². The van der Waals surface area contributed by atoms with E-state index in [2.05, 4.69) is 20.6 Å². The van der Waals surface area contributed by atoms with E-state index in [0.717, 1.165) is 49.6 Å². The number of ketones is 2. The molecule has 10 rings (SSSR count). The summed E-state index contributed by atoms with van der Waals surface area (Å²) in [5, 5.41) is 5.43. The summed E-state index contributed by atoms with van der Waals surface area (Å²) in [6.07, 6.45) is 5.75. The molecule has 6 atom stereocenters. The summed E-state index contributed by atoms with van der Waals surface area (Å²) in [4.78, 5) is 91.5. The van der Waals surface area contributed by atoms with Crippen LogP contribution in [-0.2, 0) is 34.6 Å². The molecule has 18 heteroatoms. The number of nitrogens with zero attached hydrogens (tertiary/aromatic N) is 4. The van der Waals surface area contributed by atoms with Gasteiger partial charge in [0.25, 0.3) is 5.92 Å². The van der Waals surface area contributed by atoms with Gasteiger partial charge >= 0.3 is 12.2 Å². The number of carbonyl (C=O) groups excluding carboxylic acids is 6. The largest absolute Gasteiger partial charge is 0.453 e. The molecule has 5 aromatic rings. The Labute approximate surface area is 423 Å². The number of aromatic amines is 2. The highest BCUT2D eigenvalue weighted by Crippen LogP contribution is 2.59. The summed E-state index contributed by atoms with van der Waals surface area (Å²) >= 11 is 0. The van der Waals surface area contributed by atoms with E-state index in [1.807, 2.05) is 62.9 Å². The number of aromatic nitrogens is 4. The third-order valence-electron chi connectivity index (χ3n) is 14.7. The normalized spacial score (nSPS) is 21.1. The Hall–Kier alpha value is -6.98. The zero-order valence-electron chi connectivity index (χ0n) is 43.2. The molecular weight excluding hydrogens is 939 g/mol. The molecule has 5 aliphatic rings. The number of hydrogen-bond acceptors (Lipinski definition) is 10. The third-order valence-corrected chi connectivity index (χ3v) is 14.7. The van der Waals surface area contributed by atoms with Gasteiger partial charge in [0, 0.05) is 29.3 Å². The highest BCUT2D eigenvalue weighted by atomic mass is 19.3. The lowest BCUT2D eigenvalue weighted by atomic mass is 9.95. The van der Waals surface area contributed by atoms with E-state index < -0.39 is 30.2 Å². The zero-order valence-corrected chi connectivity index (χ0v) is 43.2. The fourth-order valence-corrected chi connectivity index (χ4v) is 11.0. The van der Waals surface area contributed by atoms with Crippen LogP contribution in [0.15, 0.2) is 60.8 Å². The van der Waals surface area contributed by atoms with Crippen molar-refractivity contribution >= 4 is 46.6 Å². The quantitative estimate of drug-likeness (QED) is 0.104. The number of fused-ring (bicyclic) bond motifs is 6. The monoisotopic (exact) mass is 1000 g/mol. The number of alkyl carbamates (subject to hydrolysis) is 2. The maximum Gasteiger partial charge on any atom is 0.407 e. The Morgan fingerprint density at radius 1 is 0.726 bits per heavy atom. The number of ether oxygens (including phenoxy) is 2. The standard InChI is InChI=1S/C49H54F2N8O6.2C3H6O/c1-24(2)39(56-46(62)64-5)44(60)58-23-48(15-16-48)21-38(58)42-52-22-37(55-42)28-9-13-32-31-12-8-26(18-33(31)49(50,51)34(32)19-28)27-10-14-35-36(20-27)54-43(53-35)41-29-7-11-30(17-29)59(41)45(61)40(25(3)4)57-47(63)65-6;2*1-3(2)4/h8-10,12-14,18-20,22,24-25,29-30,38-41H,7,11,15-17,21,23H2,1-6H3,(H,52,55)(H,53,54)(H,56,62)(H,57,63);2*1-2H3/t29-,30+,38-,39-,40-,41-;;/m0../s1. The van der Waals surface area contributed by atoms with Crippen LogP contribution < -0.4 is 10.6 Å². The second kappa shape index (κ2) is 20.5. The van der Waals surface area contributed by atoms with Crippen molar-refractivity contribution < 1.29 is 47.0 Å². The van der Waals surface area contributed by atoms with Crippen molar-refractivity contribution in [2.45, 2.75) is 130 Å². The van der Waals surface area contributed by atoms with Crippen molar-refractivity contribution in [2.24, 2.45) is 23.2 Å². The first-order valence-corrected chi connectivity index (χ1v) is 25.0. The van der Waals surface area contributed by atoms with Crippen molar-refractivity contribution in [3.05, 3.63) is 83.6 Å². The molecule has 3 aromatic carbocycles. The van der Waals surface area contributed by atoms with E-state index in [0.29, 0.717) is 51.7 Å². The number of H-pyrrole nitrogens is 2. The number of nitrogens with one attached hydrogen (secondary N) is 4. The molecule has 4 N–H and O–H groups in total. The number of carbonyl (C=O) groups is 6. The molecule has 4 heterocycles. The van der Waals surface area contributed by atoms with Crippen LogP contribution in [0.2, 0.25) is 0 Å². The van der Waals surface area contributed by atoms with Gasteiger partial charge in [-0.3, -0.25) is 9.59 Å². The molecule has 4 amide bonds. The molecule has 2 bridgehead atoms. The Bertz CT molecular complexity index is 2940. The molecule has 73 heavy (non-hydrogen) atoms. The smallest absolute Gasteiger partial charge is 0.407 e. The molecule has 2 aromatic heterocycles. The summed E-state index contributed by atoms with van der Waals surface area (Å²) in [5.74, 6) is -2.20. The summed E-state index contributed by atoms with van der Waals surface area (Å²) in [6, 6.07) is 13.8. The molecular formula is C55H66F2N8O8. The Morgan fingerprint density at radius 2 is 1.27 bits per heavy atom. The number of imidazole rings is 2. The number of methoxy groups -OCH3 is 2. The second-order valence-electron chi connectivity index (χ2n) is 21.3. The highest BCUT2D eigenvalue weighted by molar-refractivity contribution is 5.89. The van der Waals surface area contributed by atoms with Gasteiger partial charge in [-0.25, -0.2) is 19.6 Å². The van der Waals surface area contributed by atoms with Crippen molar-refractivity contribution in [1.29, 1.82) is 0 Å². The van der Waals surface area contributed by atoms with Gasteiger partial charge in [-0.05, 0) is 136 Å². The first kappa shape index (κ1) is 52.3. The SMILES string of the molecule is CC(C)=O.CC(C)=O.COC(=O)N[C@H](C(=O)N1CC2(CC2)C[C@H]1c1ncc(-c2ccc3c(c2)C(F)(F)c2cc(-c4ccc5nc([C@@H]6[C@H]7CC[C@H](C7)N6C(=O)[C@@H](NC(=O)OC)C(C)C)[nH]c5c4)ccc2-3)[nH]1)C(C)C. The number of hydrogen-bond donors (Lipinski definition) is 4. The van der Waals surface area contributed by atoms with Gasteiger partial charge in [-0.15, -0.1) is 0 Å². The number of likely N-dealkylation sites (tertiary alicyclic amines) is 2. The lowest BCUT2D eigenvalue weighted by Crippen LogP contribution is -2.54. The van der Waals surface area contributed by atoms with Crippen LogP contribution in [0.3, 0.4) is 0 Å². The average molecular weight is 1010 g/mol. The molecule has 388 valence electrons. The Balaban J connectivity index is 0.000000830. The van der Waals surface area contributed by atoms with Crippen LogP contribution in [0.25, 0.3) is 44.5 Å². The first-order chi connectivity index (χ1) is 34.6. The minimum atomic E-state index is -3.29. The number of benzene rings is 3. The maximum absolute atomic E-state index is 16.7. The summed E-state index contributed by atoms with van der Waals surface area (Å²) in [7, 11) is 2.54. The molecule has 2 saturated heterocycles. The lowest BCUT2D eigenvalue weighted by molar-refractivity contribution is -0.139. The third kappa shape index (κ3) is 10.5. The minimum absolute atomic E-state index is 0.0102. The summed E-state index contributed by atoms with van der Waals surface area (Å²) < 4.78 is 43.0. The van der Waals surface area contributed by atoms with Crippen molar-refractivity contribution in [1.82, 2.24) is 40.4 Å². The number of halogens is 2. The number of alkyl halides is 2. The highest BCUT2D eigenvalue weighted by Gasteiger charge is 2.56. The number of amides is 4. The van der Waals surface area contributed by atoms with Crippen LogP contribution in [0.4, 0.5) is 18.4 Å². The van der Waals surface area contributed by atoms with Gasteiger partial charge in [0.2, 0.25) is 11.8 Å². The molecule has 0 unspecified atom stereocenters. The first-order valence-electron chi connectivity index (χ1n) is 25.0. The lowest BCUT2D eigenvalue weighted by Gasteiger charge is -2.37. The van der Waals surface area contributed by atoms with Crippen molar-refractivity contribution in [3.63, 3.8) is 0 Å². The van der Waals surface area contributed by atoms with Gasteiger partial charge in [0.15, 0.2) is 0 Å². The van der Waals surface area contributed by atoms with E-state index in [4.69, 9.17) is 19.4 Å². The van der Waals surface area contributed by atoms with Gasteiger partial charge in [0.05, 0.1) is 49.2 Å². The van der Waals surface area contributed by atoms with E-state index in [1.54, 1.807) is 29.3 Å². The van der Waals surface area contributed by atoms with Crippen LogP contribution in [0, 0.1) is 23.2 Å². The Kier molecular flexibility index (Phi) is 14.7. The van der Waals surface area contributed by atoms with E-state index in [-0.39, 0.29) is 75.8 Å². The predicted molar refractivity (Wildman–Crippen MR) is 270 cm³/mol. The molecule has 4 fully saturated rings. The average Bonchev–Trinajstić information content (AvgIpc) is 4.00. The van der Waals surface area contributed by atoms with Gasteiger partial charge in [-0.2, -0.15) is 8.78 Å². The molecule has 3 aliphatic carbocycles. The number of piperidine rings is 1. The molecule has 2 aliphatic heterocycles. The van der Waals surface area contributed by atoms with Gasteiger partial charge in [0.1, 0.15) is 35.3 Å². The number of Topliss-reactive ketones (excluding diaryl/α,β-unsaturated/α-hetero) is 2. The second-order valence-corrected chi connectivity index (χ2v) is 21.3. The zero-order chi connectivity index (χ0) is 52.8. The summed E-state index contributed by atoms with van der Waals surface area (Å²) in [5.41, 5.74) is 4.68. The molecule has 16 nitrogen and oxygen atoms in total. The van der Waals surface area contributed by atoms with E-state index in [9.17, 15) is 28.8 Å². The maximum atomic E-state index is 16.7. The van der Waals surface area contributed by atoms with Crippen LogP contribution in [0.5, 0.6) is 0 Å². The van der Waals surface area contributed by atoms with Crippen molar-refractivity contribution in [3.8, 4) is 33.5 Å². The van der Waals surface area contributed by atoms with Gasteiger partial charge < -0.3 is 49.5 Å². The van der Waals surface area contributed by atoms with Crippen LogP contribution in [-0.4, -0.2) is 104 Å². The minimum Gasteiger partial charge on any atom is -0.453 e. The topological polar surface area (TPSA) is 209 Å². The van der Waals surface area contributed by atoms with Crippen LogP contribution >= 0.6 is 0 Å². The van der Waals surface area contributed by atoms with Gasteiger partial charge in [-0.1, -0.05) is 58.0 Å². The van der Waals surface area contributed by atoms with Crippen LogP contribution in [0.1, 0.15) is 129 Å². The fraction of sp³-hybridized carbons (Fsp3) is 0.491. The number of rotatable bonds is 10. The van der Waals surface area contributed by atoms with Crippen molar-refractivity contribution in [2.75, 3.05) is 20.8 Å². The molecule has 1 spiro atoms.